The van der Waals surface area contributed by atoms with Gasteiger partial charge in [0.2, 0.25) is 0 Å². The molecule has 0 amide bonds. The fourth-order valence-electron chi connectivity index (χ4n) is 4.54. The molecular formula is C20H34O3. The molecule has 3 nitrogen and oxygen atoms in total. The maximum Gasteiger partial charge on any atom is 0.133 e. The highest BCUT2D eigenvalue weighted by Gasteiger charge is 2.51. The smallest absolute Gasteiger partial charge is 0.133 e. The molecular weight excluding hydrogens is 288 g/mol. The van der Waals surface area contributed by atoms with Crippen LogP contribution in [0.2, 0.25) is 0 Å². The van der Waals surface area contributed by atoms with Gasteiger partial charge in [-0.2, -0.15) is 0 Å². The van der Waals surface area contributed by atoms with Crippen molar-refractivity contribution in [3.63, 3.8) is 0 Å². The summed E-state index contributed by atoms with van der Waals surface area (Å²) in [6, 6.07) is 0. The number of rotatable bonds is 5. The lowest BCUT2D eigenvalue weighted by Gasteiger charge is -2.34. The lowest BCUT2D eigenvalue weighted by molar-refractivity contribution is -0.120. The number of ketones is 1. The van der Waals surface area contributed by atoms with Gasteiger partial charge in [0.1, 0.15) is 5.78 Å². The zero-order valence-corrected chi connectivity index (χ0v) is 15.4. The molecule has 5 unspecified atom stereocenters. The van der Waals surface area contributed by atoms with Gasteiger partial charge in [0.25, 0.3) is 0 Å². The number of aliphatic hydroxyl groups is 2. The van der Waals surface area contributed by atoms with Crippen LogP contribution in [0.4, 0.5) is 0 Å². The van der Waals surface area contributed by atoms with Crippen LogP contribution in [0, 0.1) is 23.7 Å². The summed E-state index contributed by atoms with van der Waals surface area (Å²) in [5.41, 5.74) is -0.228. The predicted octanol–water partition coefficient (Wildman–Crippen LogP) is 3.88. The van der Waals surface area contributed by atoms with Crippen LogP contribution < -0.4 is 0 Å². The van der Waals surface area contributed by atoms with Gasteiger partial charge in [-0.15, -0.1) is 0 Å². The number of allylic oxidation sites excluding steroid dienone is 1. The molecule has 0 aromatic carbocycles. The van der Waals surface area contributed by atoms with Gasteiger partial charge in [-0.1, -0.05) is 32.4 Å². The molecule has 2 rings (SSSR count). The van der Waals surface area contributed by atoms with Crippen molar-refractivity contribution in [1.29, 1.82) is 0 Å². The Hall–Kier alpha value is -0.670. The summed E-state index contributed by atoms with van der Waals surface area (Å²) in [5, 5.41) is 21.6. The van der Waals surface area contributed by atoms with Crippen LogP contribution in [0.25, 0.3) is 0 Å². The number of hydrogen-bond acceptors (Lipinski definition) is 3. The second kappa shape index (κ2) is 6.68. The topological polar surface area (TPSA) is 57.5 Å². The summed E-state index contributed by atoms with van der Waals surface area (Å²) in [6.07, 6.45) is 6.57. The summed E-state index contributed by atoms with van der Waals surface area (Å²) in [4.78, 5) is 12.1. The Balaban J connectivity index is 2.17. The average molecular weight is 322 g/mol. The highest BCUT2D eigenvalue weighted by atomic mass is 16.3. The molecule has 0 bridgehead atoms. The third-order valence-electron chi connectivity index (χ3n) is 6.03. The Morgan fingerprint density at radius 3 is 2.43 bits per heavy atom. The summed E-state index contributed by atoms with van der Waals surface area (Å²) in [5.74, 6) is 1.04. The van der Waals surface area contributed by atoms with Crippen LogP contribution in [0.1, 0.15) is 73.1 Å². The number of carbonyl (C=O) groups is 1. The standard InChI is InChI=1S/C20H34O3/c1-13(2)10-16(21)11-14(3)15-6-8-19(4,22)17-7-9-20(5,23)18(17)12-15/h12-14,17-18,22-23H,6-11H2,1-5H3. The van der Waals surface area contributed by atoms with Crippen molar-refractivity contribution >= 4 is 5.78 Å². The van der Waals surface area contributed by atoms with Gasteiger partial charge in [-0.3, -0.25) is 4.79 Å². The van der Waals surface area contributed by atoms with E-state index in [0.717, 1.165) is 25.7 Å². The van der Waals surface area contributed by atoms with Crippen molar-refractivity contribution in [3.8, 4) is 0 Å². The minimum absolute atomic E-state index is 0.00218. The van der Waals surface area contributed by atoms with E-state index in [1.165, 1.54) is 5.57 Å². The molecule has 0 radical (unpaired) electrons. The second-order valence-corrected chi connectivity index (χ2v) is 8.87. The van der Waals surface area contributed by atoms with Crippen LogP contribution in [0.15, 0.2) is 11.6 Å². The van der Waals surface area contributed by atoms with E-state index in [2.05, 4.69) is 26.8 Å². The molecule has 1 fully saturated rings. The third kappa shape index (κ3) is 4.24. The monoisotopic (exact) mass is 322 g/mol. The summed E-state index contributed by atoms with van der Waals surface area (Å²) >= 11 is 0. The molecule has 0 aliphatic heterocycles. The molecule has 0 aromatic heterocycles. The van der Waals surface area contributed by atoms with Crippen LogP contribution in [-0.4, -0.2) is 27.2 Å². The normalized spacial score (nSPS) is 38.9. The first-order valence-electron chi connectivity index (χ1n) is 9.20. The fourth-order valence-corrected chi connectivity index (χ4v) is 4.54. The van der Waals surface area contributed by atoms with E-state index in [-0.39, 0.29) is 17.8 Å². The molecule has 132 valence electrons. The Labute approximate surface area is 141 Å². The van der Waals surface area contributed by atoms with Gasteiger partial charge in [-0.25, -0.2) is 0 Å². The Bertz CT molecular complexity index is 473. The first-order valence-corrected chi connectivity index (χ1v) is 9.20. The molecule has 2 N–H and O–H groups in total. The van der Waals surface area contributed by atoms with Gasteiger partial charge in [-0.05, 0) is 57.3 Å². The SMILES string of the molecule is CC(C)CC(=O)CC(C)C1=CC2C(CCC2(C)O)C(C)(O)CC1. The second-order valence-electron chi connectivity index (χ2n) is 8.87. The van der Waals surface area contributed by atoms with Crippen LogP contribution >= 0.6 is 0 Å². The van der Waals surface area contributed by atoms with Gasteiger partial charge in [0.05, 0.1) is 11.2 Å². The van der Waals surface area contributed by atoms with Crippen molar-refractivity contribution in [1.82, 2.24) is 0 Å². The van der Waals surface area contributed by atoms with E-state index in [1.807, 2.05) is 13.8 Å². The van der Waals surface area contributed by atoms with Crippen molar-refractivity contribution in [2.75, 3.05) is 0 Å². The highest BCUT2D eigenvalue weighted by molar-refractivity contribution is 5.79. The first-order chi connectivity index (χ1) is 10.5. The minimum atomic E-state index is -0.744. The van der Waals surface area contributed by atoms with Crippen molar-refractivity contribution in [2.45, 2.75) is 84.3 Å². The van der Waals surface area contributed by atoms with Crippen molar-refractivity contribution < 1.29 is 15.0 Å². The molecule has 5 atom stereocenters. The summed E-state index contributed by atoms with van der Waals surface area (Å²) in [6.45, 7) is 10.1. The summed E-state index contributed by atoms with van der Waals surface area (Å²) in [7, 11) is 0. The largest absolute Gasteiger partial charge is 0.390 e. The molecule has 0 heterocycles. The number of hydrogen-bond donors (Lipinski definition) is 2. The Morgan fingerprint density at radius 1 is 1.17 bits per heavy atom. The van der Waals surface area contributed by atoms with Crippen LogP contribution in [-0.2, 0) is 4.79 Å². The lowest BCUT2D eigenvalue weighted by Crippen LogP contribution is -2.40. The van der Waals surface area contributed by atoms with Gasteiger partial charge in [0, 0.05) is 18.8 Å². The van der Waals surface area contributed by atoms with Gasteiger partial charge in [0.15, 0.2) is 0 Å². The highest BCUT2D eigenvalue weighted by Crippen LogP contribution is 2.50. The van der Waals surface area contributed by atoms with Gasteiger partial charge >= 0.3 is 0 Å². The average Bonchev–Trinajstić information content (AvgIpc) is 2.60. The molecule has 0 aromatic rings. The van der Waals surface area contributed by atoms with Crippen LogP contribution in [0.5, 0.6) is 0 Å². The maximum absolute atomic E-state index is 12.1. The van der Waals surface area contributed by atoms with E-state index >= 15 is 0 Å². The molecule has 2 aliphatic rings. The zero-order chi connectivity index (χ0) is 17.4. The molecule has 3 heteroatoms. The fraction of sp³-hybridized carbons (Fsp3) is 0.850. The Kier molecular flexibility index (Phi) is 5.42. The van der Waals surface area contributed by atoms with Gasteiger partial charge < -0.3 is 10.2 Å². The lowest BCUT2D eigenvalue weighted by atomic mass is 9.77. The van der Waals surface area contributed by atoms with E-state index in [1.54, 1.807) is 0 Å². The zero-order valence-electron chi connectivity index (χ0n) is 15.4. The Morgan fingerprint density at radius 2 is 1.83 bits per heavy atom. The third-order valence-corrected chi connectivity index (χ3v) is 6.03. The maximum atomic E-state index is 12.1. The molecule has 0 saturated heterocycles. The quantitative estimate of drug-likeness (QED) is 0.755. The predicted molar refractivity (Wildman–Crippen MR) is 93.0 cm³/mol. The molecule has 0 spiro atoms. The van der Waals surface area contributed by atoms with E-state index in [0.29, 0.717) is 24.5 Å². The van der Waals surface area contributed by atoms with E-state index in [4.69, 9.17) is 0 Å². The summed E-state index contributed by atoms with van der Waals surface area (Å²) < 4.78 is 0. The minimum Gasteiger partial charge on any atom is -0.390 e. The van der Waals surface area contributed by atoms with Crippen molar-refractivity contribution in [3.05, 3.63) is 11.6 Å². The number of fused-ring (bicyclic) bond motifs is 1. The van der Waals surface area contributed by atoms with Crippen LogP contribution in [0.3, 0.4) is 0 Å². The molecule has 2 aliphatic carbocycles. The first kappa shape index (κ1) is 18.7. The number of Topliss-reactive ketones (excluding diaryl/α,β-unsaturated/α-hetero) is 1. The molecule has 1 saturated carbocycles. The van der Waals surface area contributed by atoms with Crippen molar-refractivity contribution in [2.24, 2.45) is 23.7 Å². The van der Waals surface area contributed by atoms with E-state index in [9.17, 15) is 15.0 Å². The van der Waals surface area contributed by atoms with E-state index < -0.39 is 11.2 Å². The molecule has 23 heavy (non-hydrogen) atoms. The number of carbonyl (C=O) groups excluding carboxylic acids is 1.